The van der Waals surface area contributed by atoms with E-state index in [0.717, 1.165) is 50.9 Å². The standard InChI is InChI=1S/C13H20N4O/c1-14-12-10-4-2-3-5-11(10)15-13(16-12)17-6-8-18-9-7-17/h2-9H2,1H3,(H,14,15,16). The Morgan fingerprint density at radius 2 is 1.89 bits per heavy atom. The maximum absolute atomic E-state index is 5.38. The fraction of sp³-hybridized carbons (Fsp3) is 0.692. The summed E-state index contributed by atoms with van der Waals surface area (Å²) in [5.74, 6) is 1.88. The lowest BCUT2D eigenvalue weighted by Gasteiger charge is -2.28. The summed E-state index contributed by atoms with van der Waals surface area (Å²) in [6.07, 6.45) is 4.69. The molecule has 0 spiro atoms. The molecule has 5 nitrogen and oxygen atoms in total. The van der Waals surface area contributed by atoms with Crippen LogP contribution in [0.5, 0.6) is 0 Å². The predicted octanol–water partition coefficient (Wildman–Crippen LogP) is 1.23. The predicted molar refractivity (Wildman–Crippen MR) is 71.3 cm³/mol. The van der Waals surface area contributed by atoms with Gasteiger partial charge in [0.1, 0.15) is 5.82 Å². The maximum atomic E-state index is 5.38. The molecule has 0 unspecified atom stereocenters. The molecule has 1 fully saturated rings. The minimum atomic E-state index is 0.773. The lowest BCUT2D eigenvalue weighted by atomic mass is 9.96. The maximum Gasteiger partial charge on any atom is 0.227 e. The van der Waals surface area contributed by atoms with Gasteiger partial charge in [0, 0.05) is 25.7 Å². The van der Waals surface area contributed by atoms with E-state index in [-0.39, 0.29) is 0 Å². The molecule has 1 aliphatic heterocycles. The lowest BCUT2D eigenvalue weighted by molar-refractivity contribution is 0.122. The summed E-state index contributed by atoms with van der Waals surface area (Å²) >= 11 is 0. The Balaban J connectivity index is 1.94. The van der Waals surface area contributed by atoms with Crippen LogP contribution in [-0.4, -0.2) is 43.3 Å². The summed E-state index contributed by atoms with van der Waals surface area (Å²) < 4.78 is 5.38. The molecule has 0 atom stereocenters. The molecular weight excluding hydrogens is 228 g/mol. The molecule has 1 saturated heterocycles. The summed E-state index contributed by atoms with van der Waals surface area (Å²) in [7, 11) is 1.94. The third-order valence-electron chi connectivity index (χ3n) is 3.70. The molecule has 2 heterocycles. The van der Waals surface area contributed by atoms with Crippen LogP contribution in [0.1, 0.15) is 24.1 Å². The van der Waals surface area contributed by atoms with Crippen LogP contribution in [-0.2, 0) is 17.6 Å². The van der Waals surface area contributed by atoms with Gasteiger partial charge in [0.2, 0.25) is 5.95 Å². The van der Waals surface area contributed by atoms with Gasteiger partial charge in [0.05, 0.1) is 18.9 Å². The number of aromatic nitrogens is 2. The molecule has 1 aliphatic carbocycles. The van der Waals surface area contributed by atoms with Crippen LogP contribution in [0.25, 0.3) is 0 Å². The van der Waals surface area contributed by atoms with Crippen LogP contribution in [0.15, 0.2) is 0 Å². The summed E-state index contributed by atoms with van der Waals surface area (Å²) in [6, 6.07) is 0. The molecule has 0 radical (unpaired) electrons. The monoisotopic (exact) mass is 248 g/mol. The summed E-state index contributed by atoms with van der Waals surface area (Å²) in [5, 5.41) is 3.23. The van der Waals surface area contributed by atoms with E-state index in [1.54, 1.807) is 0 Å². The van der Waals surface area contributed by atoms with Crippen molar-refractivity contribution in [1.29, 1.82) is 0 Å². The number of hydrogen-bond acceptors (Lipinski definition) is 5. The van der Waals surface area contributed by atoms with E-state index >= 15 is 0 Å². The average Bonchev–Trinajstić information content (AvgIpc) is 2.47. The van der Waals surface area contributed by atoms with E-state index < -0.39 is 0 Å². The molecule has 98 valence electrons. The highest BCUT2D eigenvalue weighted by molar-refractivity contribution is 5.52. The number of nitrogens with one attached hydrogen (secondary N) is 1. The van der Waals surface area contributed by atoms with E-state index in [2.05, 4.69) is 15.2 Å². The Hall–Kier alpha value is -1.36. The van der Waals surface area contributed by atoms with Crippen molar-refractivity contribution in [3.63, 3.8) is 0 Å². The quantitative estimate of drug-likeness (QED) is 0.853. The topological polar surface area (TPSA) is 50.3 Å². The minimum absolute atomic E-state index is 0.773. The average molecular weight is 248 g/mol. The van der Waals surface area contributed by atoms with Crippen LogP contribution < -0.4 is 10.2 Å². The number of morpholine rings is 1. The molecule has 1 N–H and O–H groups in total. The van der Waals surface area contributed by atoms with E-state index in [1.165, 1.54) is 24.1 Å². The van der Waals surface area contributed by atoms with E-state index in [1.807, 2.05) is 7.05 Å². The van der Waals surface area contributed by atoms with Crippen LogP contribution >= 0.6 is 0 Å². The van der Waals surface area contributed by atoms with Crippen LogP contribution in [0.4, 0.5) is 11.8 Å². The van der Waals surface area contributed by atoms with Gasteiger partial charge in [-0.05, 0) is 25.7 Å². The van der Waals surface area contributed by atoms with Gasteiger partial charge in [-0.1, -0.05) is 0 Å². The zero-order valence-corrected chi connectivity index (χ0v) is 10.9. The van der Waals surface area contributed by atoms with Crippen molar-refractivity contribution in [3.8, 4) is 0 Å². The van der Waals surface area contributed by atoms with Gasteiger partial charge in [0.25, 0.3) is 0 Å². The molecular formula is C13H20N4O. The molecule has 0 aromatic carbocycles. The highest BCUT2D eigenvalue weighted by Crippen LogP contribution is 2.27. The Labute approximate surface area is 108 Å². The van der Waals surface area contributed by atoms with Gasteiger partial charge >= 0.3 is 0 Å². The Kier molecular flexibility index (Phi) is 3.32. The van der Waals surface area contributed by atoms with Crippen molar-refractivity contribution in [3.05, 3.63) is 11.3 Å². The first-order chi connectivity index (χ1) is 8.88. The molecule has 0 amide bonds. The van der Waals surface area contributed by atoms with Gasteiger partial charge in [0.15, 0.2) is 0 Å². The fourth-order valence-corrected chi connectivity index (χ4v) is 2.69. The van der Waals surface area contributed by atoms with Gasteiger partial charge in [-0.15, -0.1) is 0 Å². The number of nitrogens with zero attached hydrogens (tertiary/aromatic N) is 3. The third-order valence-corrected chi connectivity index (χ3v) is 3.70. The van der Waals surface area contributed by atoms with Crippen molar-refractivity contribution in [2.45, 2.75) is 25.7 Å². The molecule has 2 aliphatic rings. The zero-order chi connectivity index (χ0) is 12.4. The summed E-state index contributed by atoms with van der Waals surface area (Å²) in [6.45, 7) is 3.33. The van der Waals surface area contributed by atoms with Crippen LogP contribution in [0.3, 0.4) is 0 Å². The highest BCUT2D eigenvalue weighted by atomic mass is 16.5. The molecule has 0 saturated carbocycles. The second-order valence-corrected chi connectivity index (χ2v) is 4.85. The first kappa shape index (κ1) is 11.7. The van der Waals surface area contributed by atoms with E-state index in [4.69, 9.17) is 9.72 Å². The second kappa shape index (κ2) is 5.10. The lowest BCUT2D eigenvalue weighted by Crippen LogP contribution is -2.37. The fourth-order valence-electron chi connectivity index (χ4n) is 2.69. The second-order valence-electron chi connectivity index (χ2n) is 4.85. The van der Waals surface area contributed by atoms with Crippen molar-refractivity contribution >= 4 is 11.8 Å². The van der Waals surface area contributed by atoms with Gasteiger partial charge in [-0.3, -0.25) is 0 Å². The van der Waals surface area contributed by atoms with E-state index in [9.17, 15) is 0 Å². The first-order valence-electron chi connectivity index (χ1n) is 6.78. The highest BCUT2D eigenvalue weighted by Gasteiger charge is 2.20. The number of anilines is 2. The molecule has 5 heteroatoms. The summed E-state index contributed by atoms with van der Waals surface area (Å²) in [5.41, 5.74) is 2.56. The Bertz CT molecular complexity index is 412. The number of aryl methyl sites for hydroxylation is 1. The number of rotatable bonds is 2. The number of fused-ring (bicyclic) bond motifs is 1. The molecule has 0 bridgehead atoms. The van der Waals surface area contributed by atoms with Crippen LogP contribution in [0.2, 0.25) is 0 Å². The Morgan fingerprint density at radius 1 is 1.11 bits per heavy atom. The van der Waals surface area contributed by atoms with Crippen LogP contribution in [0, 0.1) is 0 Å². The van der Waals surface area contributed by atoms with E-state index in [0.29, 0.717) is 0 Å². The van der Waals surface area contributed by atoms with Crippen molar-refractivity contribution in [2.24, 2.45) is 0 Å². The molecule has 18 heavy (non-hydrogen) atoms. The SMILES string of the molecule is CNc1nc(N2CCOCC2)nc2c1CCCC2. The van der Waals surface area contributed by atoms with Crippen molar-refractivity contribution in [1.82, 2.24) is 9.97 Å². The minimum Gasteiger partial charge on any atom is -0.378 e. The Morgan fingerprint density at radius 3 is 2.67 bits per heavy atom. The largest absolute Gasteiger partial charge is 0.378 e. The molecule has 1 aromatic heterocycles. The van der Waals surface area contributed by atoms with Gasteiger partial charge in [-0.25, -0.2) is 4.98 Å². The smallest absolute Gasteiger partial charge is 0.227 e. The normalized spacial score (nSPS) is 19.5. The van der Waals surface area contributed by atoms with Crippen molar-refractivity contribution < 1.29 is 4.74 Å². The van der Waals surface area contributed by atoms with Crippen molar-refractivity contribution in [2.75, 3.05) is 43.6 Å². The van der Waals surface area contributed by atoms with Gasteiger partial charge in [-0.2, -0.15) is 4.98 Å². The molecule has 3 rings (SSSR count). The zero-order valence-electron chi connectivity index (χ0n) is 10.9. The first-order valence-corrected chi connectivity index (χ1v) is 6.78. The third kappa shape index (κ3) is 2.14. The van der Waals surface area contributed by atoms with Gasteiger partial charge < -0.3 is 15.0 Å². The number of ether oxygens (including phenoxy) is 1. The molecule has 1 aromatic rings. The number of hydrogen-bond donors (Lipinski definition) is 1. The summed E-state index contributed by atoms with van der Waals surface area (Å²) in [4.78, 5) is 11.7.